The Labute approximate surface area is 225 Å². The number of nitrogens with zero attached hydrogens (tertiary/aromatic N) is 1. The van der Waals surface area contributed by atoms with Gasteiger partial charge < -0.3 is 29.7 Å². The summed E-state index contributed by atoms with van der Waals surface area (Å²) in [6.07, 6.45) is -2.11. The quantitative estimate of drug-likeness (QED) is 0.250. The summed E-state index contributed by atoms with van der Waals surface area (Å²) in [4.78, 5) is 63.9. The summed E-state index contributed by atoms with van der Waals surface area (Å²) < 4.78 is 17.1. The molecule has 1 aromatic heterocycles. The molecule has 1 aliphatic heterocycles. The van der Waals surface area contributed by atoms with Crippen LogP contribution < -0.4 is 16.6 Å². The van der Waals surface area contributed by atoms with Crippen LogP contribution >= 0.6 is 0 Å². The van der Waals surface area contributed by atoms with E-state index in [0.717, 1.165) is 4.57 Å². The van der Waals surface area contributed by atoms with E-state index >= 15 is 0 Å². The molecule has 0 bridgehead atoms. The number of carbonyl (C=O) groups excluding carboxylic acids is 3. The lowest BCUT2D eigenvalue weighted by atomic mass is 10.1. The Balaban J connectivity index is 2.07. The first kappa shape index (κ1) is 31.7. The predicted molar refractivity (Wildman–Crippen MR) is 137 cm³/mol. The molecular weight excluding hydrogens is 514 g/mol. The van der Waals surface area contributed by atoms with E-state index in [1.807, 2.05) is 0 Å². The maximum atomic E-state index is 12.6. The van der Waals surface area contributed by atoms with E-state index in [9.17, 15) is 34.2 Å². The van der Waals surface area contributed by atoms with Crippen molar-refractivity contribution in [1.82, 2.24) is 14.9 Å². The fourth-order valence-electron chi connectivity index (χ4n) is 3.55. The zero-order chi connectivity index (χ0) is 29.5. The van der Waals surface area contributed by atoms with Gasteiger partial charge in [-0.2, -0.15) is 0 Å². The smallest absolute Gasteiger partial charge is 0.330 e. The molecule has 1 aliphatic rings. The Morgan fingerprint density at radius 1 is 1.18 bits per heavy atom. The van der Waals surface area contributed by atoms with Gasteiger partial charge in [-0.3, -0.25) is 23.9 Å². The molecule has 0 radical (unpaired) electrons. The van der Waals surface area contributed by atoms with E-state index in [1.54, 1.807) is 41.5 Å². The molecule has 2 rings (SSSR count). The molecule has 1 fully saturated rings. The van der Waals surface area contributed by atoms with Gasteiger partial charge in [-0.25, -0.2) is 9.59 Å². The highest BCUT2D eigenvalue weighted by atomic mass is 16.6. The summed E-state index contributed by atoms with van der Waals surface area (Å²) in [5, 5.41) is 21.6. The summed E-state index contributed by atoms with van der Waals surface area (Å²) >= 11 is 0. The van der Waals surface area contributed by atoms with E-state index in [-0.39, 0.29) is 24.8 Å². The summed E-state index contributed by atoms with van der Waals surface area (Å²) in [5.41, 5.74) is -3.20. The first-order chi connectivity index (χ1) is 18.0. The van der Waals surface area contributed by atoms with Crippen molar-refractivity contribution in [2.75, 3.05) is 6.61 Å². The van der Waals surface area contributed by atoms with Crippen LogP contribution in [-0.4, -0.2) is 73.7 Å². The van der Waals surface area contributed by atoms with Crippen LogP contribution in [0.1, 0.15) is 79.0 Å². The number of carbonyl (C=O) groups is 3. The first-order valence-corrected chi connectivity index (χ1v) is 12.5. The third-order valence-corrected chi connectivity index (χ3v) is 5.18. The van der Waals surface area contributed by atoms with Gasteiger partial charge in [-0.15, -0.1) is 0 Å². The van der Waals surface area contributed by atoms with Crippen molar-refractivity contribution in [3.05, 3.63) is 32.6 Å². The summed E-state index contributed by atoms with van der Waals surface area (Å²) in [5.74, 6) is 3.21. The van der Waals surface area contributed by atoms with Crippen molar-refractivity contribution in [3.8, 4) is 11.8 Å². The Morgan fingerprint density at radius 3 is 2.38 bits per heavy atom. The van der Waals surface area contributed by atoms with Crippen molar-refractivity contribution < 1.29 is 38.8 Å². The number of aromatic nitrogens is 2. The largest absolute Gasteiger partial charge is 0.460 e. The van der Waals surface area contributed by atoms with Gasteiger partial charge in [0.25, 0.3) is 5.56 Å². The van der Waals surface area contributed by atoms with Crippen LogP contribution in [0.2, 0.25) is 0 Å². The third-order valence-electron chi connectivity index (χ3n) is 5.18. The van der Waals surface area contributed by atoms with Crippen LogP contribution in [-0.2, 0) is 28.6 Å². The van der Waals surface area contributed by atoms with Gasteiger partial charge in [0.2, 0.25) is 5.91 Å². The lowest BCUT2D eigenvalue weighted by molar-refractivity contribution is -0.165. The van der Waals surface area contributed by atoms with Gasteiger partial charge in [-0.1, -0.05) is 11.8 Å². The van der Waals surface area contributed by atoms with Gasteiger partial charge in [0.05, 0.1) is 19.1 Å². The summed E-state index contributed by atoms with van der Waals surface area (Å²) in [7, 11) is 0. The van der Waals surface area contributed by atoms with Crippen LogP contribution in [0.5, 0.6) is 0 Å². The van der Waals surface area contributed by atoms with Crippen LogP contribution in [0.25, 0.3) is 0 Å². The predicted octanol–water partition coefficient (Wildman–Crippen LogP) is -0.133. The molecule has 39 heavy (non-hydrogen) atoms. The number of hydrogen-bond donors (Lipinski definition) is 4. The van der Waals surface area contributed by atoms with Gasteiger partial charge >= 0.3 is 17.6 Å². The number of rotatable bonds is 8. The maximum absolute atomic E-state index is 12.6. The molecule has 0 saturated carbocycles. The average Bonchev–Trinajstić information content (AvgIpc) is 3.15. The van der Waals surface area contributed by atoms with E-state index in [1.165, 1.54) is 6.20 Å². The van der Waals surface area contributed by atoms with Crippen molar-refractivity contribution in [3.63, 3.8) is 0 Å². The van der Waals surface area contributed by atoms with Gasteiger partial charge in [0, 0.05) is 25.5 Å². The number of nitrogens with one attached hydrogen (secondary N) is 2. The third kappa shape index (κ3) is 10.3. The number of aromatic amines is 1. The van der Waals surface area contributed by atoms with Crippen molar-refractivity contribution in [1.29, 1.82) is 0 Å². The second-order valence-electron chi connectivity index (χ2n) is 11.1. The number of amides is 1. The molecule has 4 atom stereocenters. The summed E-state index contributed by atoms with van der Waals surface area (Å²) in [6, 6.07) is -1.27. The second-order valence-corrected chi connectivity index (χ2v) is 11.1. The molecule has 0 aliphatic carbocycles. The van der Waals surface area contributed by atoms with E-state index in [0.29, 0.717) is 0 Å². The van der Waals surface area contributed by atoms with Crippen molar-refractivity contribution >= 4 is 17.8 Å². The summed E-state index contributed by atoms with van der Waals surface area (Å²) in [6.45, 7) is 9.57. The fraction of sp³-hybridized carbons (Fsp3) is 0.654. The lowest BCUT2D eigenvalue weighted by Gasteiger charge is -2.25. The standard InChI is InChI=1S/C26H37N3O10/c1-25(2,3)38-21(33)11-16(23(35)39-26(4,5)6)27-19(32)10-8-7-9-15-13-29(24(36)28-22(15)34)20-12-17(31)18(14-30)37-20/h13,16-18,20,30-31H,8,10-12,14H2,1-6H3,(H,27,32)(H,28,34,36)/t16?,17?,18-,20-/m1/s1. The monoisotopic (exact) mass is 551 g/mol. The zero-order valence-electron chi connectivity index (χ0n) is 23.0. The normalized spacial score (nSPS) is 19.9. The Kier molecular flexibility index (Phi) is 10.6. The van der Waals surface area contributed by atoms with Crippen molar-refractivity contribution in [2.45, 2.75) is 103 Å². The molecular formula is C26H37N3O10. The van der Waals surface area contributed by atoms with Crippen LogP contribution in [0, 0.1) is 11.8 Å². The van der Waals surface area contributed by atoms with Crippen molar-refractivity contribution in [2.24, 2.45) is 0 Å². The number of ether oxygens (including phenoxy) is 3. The molecule has 1 amide bonds. The average molecular weight is 552 g/mol. The Bertz CT molecular complexity index is 1230. The molecule has 2 unspecified atom stereocenters. The van der Waals surface area contributed by atoms with Crippen LogP contribution in [0.3, 0.4) is 0 Å². The molecule has 4 N–H and O–H groups in total. The highest BCUT2D eigenvalue weighted by Gasteiger charge is 2.35. The first-order valence-electron chi connectivity index (χ1n) is 12.5. The number of aliphatic hydroxyl groups is 2. The number of aliphatic hydroxyl groups excluding tert-OH is 2. The van der Waals surface area contributed by atoms with Gasteiger partial charge in [-0.05, 0) is 41.5 Å². The maximum Gasteiger partial charge on any atom is 0.330 e. The number of esters is 2. The Morgan fingerprint density at radius 2 is 1.82 bits per heavy atom. The lowest BCUT2D eigenvalue weighted by Crippen LogP contribution is -2.46. The second kappa shape index (κ2) is 13.1. The highest BCUT2D eigenvalue weighted by molar-refractivity contribution is 5.88. The zero-order valence-corrected chi connectivity index (χ0v) is 23.0. The minimum Gasteiger partial charge on any atom is -0.460 e. The number of H-pyrrole nitrogens is 1. The van der Waals surface area contributed by atoms with Crippen LogP contribution in [0.4, 0.5) is 0 Å². The molecule has 0 spiro atoms. The molecule has 1 saturated heterocycles. The molecule has 2 heterocycles. The minimum atomic E-state index is -1.27. The number of hydrogen-bond acceptors (Lipinski definition) is 10. The molecule has 1 aromatic rings. The molecule has 216 valence electrons. The van der Waals surface area contributed by atoms with Crippen LogP contribution in [0.15, 0.2) is 15.8 Å². The van der Waals surface area contributed by atoms with Gasteiger partial charge in [0.1, 0.15) is 35.1 Å². The van der Waals surface area contributed by atoms with E-state index in [4.69, 9.17) is 14.2 Å². The Hall–Kier alpha value is -3.47. The molecule has 13 heteroatoms. The molecule has 0 aromatic carbocycles. The minimum absolute atomic E-state index is 0.0108. The molecule has 13 nitrogen and oxygen atoms in total. The topological polar surface area (TPSA) is 186 Å². The fourth-order valence-corrected chi connectivity index (χ4v) is 3.55. The van der Waals surface area contributed by atoms with E-state index < -0.39 is 77.8 Å². The highest BCUT2D eigenvalue weighted by Crippen LogP contribution is 2.27. The van der Waals surface area contributed by atoms with Gasteiger partial charge in [0.15, 0.2) is 0 Å². The SMILES string of the molecule is CC(C)(C)OC(=O)CC(NC(=O)CCC#Cc1cn([C@H]2CC(O)[C@@H](CO)O2)c(=O)[nH]c1=O)C(=O)OC(C)(C)C. The van der Waals surface area contributed by atoms with E-state index in [2.05, 4.69) is 22.1 Å².